The fourth-order valence-electron chi connectivity index (χ4n) is 2.67. The van der Waals surface area contributed by atoms with Crippen LogP contribution in [0.4, 0.5) is 5.69 Å². The third-order valence-electron chi connectivity index (χ3n) is 3.99. The van der Waals surface area contributed by atoms with Gasteiger partial charge in [-0.1, -0.05) is 60.2 Å². The van der Waals surface area contributed by atoms with Crippen molar-refractivity contribution in [2.45, 2.75) is 13.5 Å². The Morgan fingerprint density at radius 3 is 2.31 bits per heavy atom. The van der Waals surface area contributed by atoms with Crippen molar-refractivity contribution in [1.82, 2.24) is 5.32 Å². The number of hydrogen-bond donors (Lipinski definition) is 2. The van der Waals surface area contributed by atoms with E-state index in [-0.39, 0.29) is 11.8 Å². The lowest BCUT2D eigenvalue weighted by Gasteiger charge is -2.12. The predicted octanol–water partition coefficient (Wildman–Crippen LogP) is 4.18. The third-order valence-corrected chi connectivity index (χ3v) is 3.99. The molecule has 0 atom stereocenters. The summed E-state index contributed by atoms with van der Waals surface area (Å²) in [5, 5.41) is 5.72. The van der Waals surface area contributed by atoms with E-state index in [1.165, 1.54) is 0 Å². The van der Waals surface area contributed by atoms with Gasteiger partial charge in [-0.2, -0.15) is 0 Å². The van der Waals surface area contributed by atoms with Crippen LogP contribution in [0.15, 0.2) is 78.9 Å². The highest BCUT2D eigenvalue weighted by molar-refractivity contribution is 6.08. The molecule has 0 bridgehead atoms. The Balaban J connectivity index is 1.72. The van der Waals surface area contributed by atoms with E-state index in [0.717, 1.165) is 11.1 Å². The summed E-state index contributed by atoms with van der Waals surface area (Å²) in [5.41, 5.74) is 3.64. The lowest BCUT2D eigenvalue weighted by atomic mass is 10.1. The summed E-state index contributed by atoms with van der Waals surface area (Å²) in [6, 6.07) is 23.9. The van der Waals surface area contributed by atoms with E-state index >= 15 is 0 Å². The van der Waals surface area contributed by atoms with Crippen molar-refractivity contribution in [3.8, 4) is 0 Å². The second kappa shape index (κ2) is 8.12. The Hall–Kier alpha value is -3.40. The van der Waals surface area contributed by atoms with Gasteiger partial charge in [0.25, 0.3) is 11.8 Å². The first kappa shape index (κ1) is 17.4. The average molecular weight is 344 g/mol. The van der Waals surface area contributed by atoms with Crippen molar-refractivity contribution in [2.24, 2.45) is 0 Å². The monoisotopic (exact) mass is 344 g/mol. The molecule has 0 fully saturated rings. The van der Waals surface area contributed by atoms with Crippen LogP contribution in [0.5, 0.6) is 0 Å². The van der Waals surface area contributed by atoms with Crippen LogP contribution in [0, 0.1) is 6.92 Å². The summed E-state index contributed by atoms with van der Waals surface area (Å²) in [4.78, 5) is 24.9. The number of hydrogen-bond acceptors (Lipinski definition) is 2. The van der Waals surface area contributed by atoms with E-state index in [4.69, 9.17) is 0 Å². The number of amides is 2. The average Bonchev–Trinajstić information content (AvgIpc) is 2.67. The van der Waals surface area contributed by atoms with Crippen LogP contribution in [0.25, 0.3) is 0 Å². The van der Waals surface area contributed by atoms with Gasteiger partial charge in [-0.3, -0.25) is 9.59 Å². The van der Waals surface area contributed by atoms with E-state index in [0.29, 0.717) is 23.4 Å². The summed E-state index contributed by atoms with van der Waals surface area (Å²) >= 11 is 0. The summed E-state index contributed by atoms with van der Waals surface area (Å²) in [6.45, 7) is 2.45. The number of carbonyl (C=O) groups is 2. The van der Waals surface area contributed by atoms with Gasteiger partial charge in [0.05, 0.1) is 11.3 Å². The van der Waals surface area contributed by atoms with Crippen molar-refractivity contribution >= 4 is 17.5 Å². The lowest BCUT2D eigenvalue weighted by molar-refractivity contribution is 0.0952. The summed E-state index contributed by atoms with van der Waals surface area (Å²) in [5.74, 6) is -0.472. The third kappa shape index (κ3) is 4.36. The zero-order valence-corrected chi connectivity index (χ0v) is 14.5. The van der Waals surface area contributed by atoms with Crippen LogP contribution in [0.2, 0.25) is 0 Å². The standard InChI is InChI=1S/C22H20N2O2/c1-16-8-7-9-17(14-16)15-23-22(26)19-12-5-6-13-20(19)24-21(25)18-10-3-2-4-11-18/h2-14H,15H2,1H3,(H,23,26)(H,24,25). The minimum atomic E-state index is -0.246. The molecular formula is C22H20N2O2. The summed E-state index contributed by atoms with van der Waals surface area (Å²) in [6.07, 6.45) is 0. The van der Waals surface area contributed by atoms with Crippen LogP contribution in [0.1, 0.15) is 31.8 Å². The lowest BCUT2D eigenvalue weighted by Crippen LogP contribution is -2.24. The molecule has 0 aliphatic heterocycles. The minimum Gasteiger partial charge on any atom is -0.348 e. The number of anilines is 1. The number of aryl methyl sites for hydroxylation is 1. The SMILES string of the molecule is Cc1cccc(CNC(=O)c2ccccc2NC(=O)c2ccccc2)c1. The first-order chi connectivity index (χ1) is 12.6. The summed E-state index contributed by atoms with van der Waals surface area (Å²) < 4.78 is 0. The predicted molar refractivity (Wildman–Crippen MR) is 103 cm³/mol. The topological polar surface area (TPSA) is 58.2 Å². The maximum absolute atomic E-state index is 12.6. The van der Waals surface area contributed by atoms with E-state index in [2.05, 4.69) is 10.6 Å². The van der Waals surface area contributed by atoms with E-state index in [1.807, 2.05) is 37.3 Å². The molecule has 130 valence electrons. The Labute approximate surface area is 152 Å². The van der Waals surface area contributed by atoms with Crippen LogP contribution in [0.3, 0.4) is 0 Å². The van der Waals surface area contributed by atoms with Crippen LogP contribution in [-0.2, 0) is 6.54 Å². The number of para-hydroxylation sites is 1. The highest BCUT2D eigenvalue weighted by Crippen LogP contribution is 2.16. The van der Waals surface area contributed by atoms with Gasteiger partial charge in [0.1, 0.15) is 0 Å². The fraction of sp³-hybridized carbons (Fsp3) is 0.0909. The molecule has 0 unspecified atom stereocenters. The number of nitrogens with one attached hydrogen (secondary N) is 2. The Bertz CT molecular complexity index is 920. The zero-order valence-electron chi connectivity index (χ0n) is 14.5. The normalized spacial score (nSPS) is 10.2. The Morgan fingerprint density at radius 2 is 1.54 bits per heavy atom. The van der Waals surface area contributed by atoms with Gasteiger partial charge in [-0.05, 0) is 36.8 Å². The molecule has 3 aromatic carbocycles. The van der Waals surface area contributed by atoms with Gasteiger partial charge in [0.15, 0.2) is 0 Å². The van der Waals surface area contributed by atoms with E-state index < -0.39 is 0 Å². The molecule has 2 amide bonds. The van der Waals surface area contributed by atoms with Crippen molar-refractivity contribution in [2.75, 3.05) is 5.32 Å². The molecule has 4 nitrogen and oxygen atoms in total. The van der Waals surface area contributed by atoms with Crippen LogP contribution >= 0.6 is 0 Å². The highest BCUT2D eigenvalue weighted by atomic mass is 16.2. The molecule has 4 heteroatoms. The largest absolute Gasteiger partial charge is 0.348 e. The summed E-state index contributed by atoms with van der Waals surface area (Å²) in [7, 11) is 0. The van der Waals surface area contributed by atoms with E-state index in [1.54, 1.807) is 48.5 Å². The molecule has 0 heterocycles. The molecule has 0 saturated heterocycles. The van der Waals surface area contributed by atoms with Crippen molar-refractivity contribution in [1.29, 1.82) is 0 Å². The maximum Gasteiger partial charge on any atom is 0.255 e. The molecule has 0 radical (unpaired) electrons. The molecule has 3 aromatic rings. The Morgan fingerprint density at radius 1 is 0.808 bits per heavy atom. The molecule has 0 aliphatic rings. The number of carbonyl (C=O) groups excluding carboxylic acids is 2. The molecule has 3 rings (SSSR count). The smallest absolute Gasteiger partial charge is 0.255 e. The Kier molecular flexibility index (Phi) is 5.44. The van der Waals surface area contributed by atoms with Gasteiger partial charge in [0.2, 0.25) is 0 Å². The zero-order chi connectivity index (χ0) is 18.4. The van der Waals surface area contributed by atoms with Gasteiger partial charge in [-0.15, -0.1) is 0 Å². The minimum absolute atomic E-state index is 0.226. The molecule has 26 heavy (non-hydrogen) atoms. The van der Waals surface area contributed by atoms with Crippen molar-refractivity contribution < 1.29 is 9.59 Å². The van der Waals surface area contributed by atoms with Gasteiger partial charge >= 0.3 is 0 Å². The first-order valence-corrected chi connectivity index (χ1v) is 8.42. The van der Waals surface area contributed by atoms with Gasteiger partial charge in [0, 0.05) is 12.1 Å². The molecule has 0 aromatic heterocycles. The van der Waals surface area contributed by atoms with Crippen LogP contribution in [-0.4, -0.2) is 11.8 Å². The molecular weight excluding hydrogens is 324 g/mol. The molecule has 0 saturated carbocycles. The van der Waals surface area contributed by atoms with Crippen LogP contribution < -0.4 is 10.6 Å². The van der Waals surface area contributed by atoms with Crippen molar-refractivity contribution in [3.63, 3.8) is 0 Å². The maximum atomic E-state index is 12.6. The first-order valence-electron chi connectivity index (χ1n) is 8.42. The second-order valence-electron chi connectivity index (χ2n) is 6.04. The fourth-order valence-corrected chi connectivity index (χ4v) is 2.67. The molecule has 0 aliphatic carbocycles. The highest BCUT2D eigenvalue weighted by Gasteiger charge is 2.13. The molecule has 0 spiro atoms. The number of benzene rings is 3. The van der Waals surface area contributed by atoms with E-state index in [9.17, 15) is 9.59 Å². The van der Waals surface area contributed by atoms with Gasteiger partial charge in [-0.25, -0.2) is 0 Å². The van der Waals surface area contributed by atoms with Gasteiger partial charge < -0.3 is 10.6 Å². The number of rotatable bonds is 5. The quantitative estimate of drug-likeness (QED) is 0.729. The van der Waals surface area contributed by atoms with Crippen molar-refractivity contribution in [3.05, 3.63) is 101 Å². The molecule has 2 N–H and O–H groups in total. The second-order valence-corrected chi connectivity index (χ2v) is 6.04.